The predicted molar refractivity (Wildman–Crippen MR) is 88.9 cm³/mol. The summed E-state index contributed by atoms with van der Waals surface area (Å²) in [5.74, 6) is 0. The number of carboxylic acid groups (broad SMARTS) is 1. The molecule has 3 heteroatoms. The van der Waals surface area contributed by atoms with Crippen molar-refractivity contribution in [2.24, 2.45) is 0 Å². The van der Waals surface area contributed by atoms with Crippen LogP contribution in [0.2, 0.25) is 0 Å². The van der Waals surface area contributed by atoms with E-state index in [9.17, 15) is 4.79 Å². The fourth-order valence-corrected chi connectivity index (χ4v) is 2.63. The van der Waals surface area contributed by atoms with Crippen molar-refractivity contribution in [1.82, 2.24) is 0 Å². The van der Waals surface area contributed by atoms with Gasteiger partial charge in [0.25, 0.3) is 0 Å². The van der Waals surface area contributed by atoms with Gasteiger partial charge in [-0.05, 0) is 6.42 Å². The first kappa shape index (κ1) is 20.3. The molecule has 0 aromatic heterocycles. The van der Waals surface area contributed by atoms with Crippen LogP contribution in [0.1, 0.15) is 103 Å². The molecule has 0 aliphatic carbocycles. The molecule has 0 atom stereocenters. The van der Waals surface area contributed by atoms with Gasteiger partial charge in [0.15, 0.2) is 0 Å². The van der Waals surface area contributed by atoms with Crippen molar-refractivity contribution in [3.05, 3.63) is 0 Å². The zero-order valence-corrected chi connectivity index (χ0v) is 14.1. The molecule has 21 heavy (non-hydrogen) atoms. The molecule has 126 valence electrons. The van der Waals surface area contributed by atoms with Crippen molar-refractivity contribution < 1.29 is 14.6 Å². The largest absolute Gasteiger partial charge is 0.505 e. The lowest BCUT2D eigenvalue weighted by Crippen LogP contribution is -2.01. The second-order valence-corrected chi connectivity index (χ2v) is 6.06. The van der Waals surface area contributed by atoms with Crippen LogP contribution in [0, 0.1) is 0 Å². The van der Waals surface area contributed by atoms with Crippen LogP contribution in [0.4, 0.5) is 4.79 Å². The topological polar surface area (TPSA) is 46.5 Å². The second kappa shape index (κ2) is 17.3. The Balaban J connectivity index is 2.95. The SMILES string of the molecule is CCCCCCCCCCCCCCCCCOC(=O)O. The van der Waals surface area contributed by atoms with Crippen LogP contribution in [0.5, 0.6) is 0 Å². The Bertz CT molecular complexity index is 217. The van der Waals surface area contributed by atoms with Gasteiger partial charge >= 0.3 is 6.16 Å². The van der Waals surface area contributed by atoms with Crippen molar-refractivity contribution in [3.8, 4) is 0 Å². The number of rotatable bonds is 16. The lowest BCUT2D eigenvalue weighted by atomic mass is 10.0. The number of hydrogen-bond donors (Lipinski definition) is 1. The third-order valence-electron chi connectivity index (χ3n) is 3.97. The van der Waals surface area contributed by atoms with E-state index in [1.807, 2.05) is 0 Å². The molecule has 0 radical (unpaired) electrons. The Morgan fingerprint density at radius 1 is 0.667 bits per heavy atom. The van der Waals surface area contributed by atoms with Gasteiger partial charge in [-0.1, -0.05) is 96.8 Å². The first-order valence-corrected chi connectivity index (χ1v) is 9.13. The van der Waals surface area contributed by atoms with Crippen LogP contribution in [0.15, 0.2) is 0 Å². The van der Waals surface area contributed by atoms with Crippen molar-refractivity contribution in [2.75, 3.05) is 6.61 Å². The highest BCUT2D eigenvalue weighted by Crippen LogP contribution is 2.13. The van der Waals surface area contributed by atoms with E-state index >= 15 is 0 Å². The van der Waals surface area contributed by atoms with Gasteiger partial charge in [0.2, 0.25) is 0 Å². The Kier molecular flexibility index (Phi) is 16.7. The van der Waals surface area contributed by atoms with E-state index in [0.29, 0.717) is 6.61 Å². The van der Waals surface area contributed by atoms with Crippen molar-refractivity contribution >= 4 is 6.16 Å². The molecule has 3 nitrogen and oxygen atoms in total. The van der Waals surface area contributed by atoms with E-state index in [0.717, 1.165) is 12.8 Å². The smallest absolute Gasteiger partial charge is 0.450 e. The maximum Gasteiger partial charge on any atom is 0.505 e. The molecule has 0 aromatic rings. The third kappa shape index (κ3) is 19.3. The Morgan fingerprint density at radius 3 is 1.33 bits per heavy atom. The highest BCUT2D eigenvalue weighted by atomic mass is 16.7. The van der Waals surface area contributed by atoms with Crippen molar-refractivity contribution in [1.29, 1.82) is 0 Å². The minimum Gasteiger partial charge on any atom is -0.450 e. The van der Waals surface area contributed by atoms with Gasteiger partial charge in [-0.25, -0.2) is 4.79 Å². The summed E-state index contributed by atoms with van der Waals surface area (Å²) >= 11 is 0. The van der Waals surface area contributed by atoms with Gasteiger partial charge in [-0.15, -0.1) is 0 Å². The minimum absolute atomic E-state index is 0.355. The molecule has 0 aliphatic heterocycles. The van der Waals surface area contributed by atoms with E-state index in [-0.39, 0.29) is 0 Å². The van der Waals surface area contributed by atoms with E-state index in [1.54, 1.807) is 0 Å². The van der Waals surface area contributed by atoms with E-state index in [1.165, 1.54) is 83.5 Å². The number of ether oxygens (including phenoxy) is 1. The highest BCUT2D eigenvalue weighted by molar-refractivity contribution is 5.56. The minimum atomic E-state index is -1.15. The molecular formula is C18H36O3. The molecule has 0 spiro atoms. The first-order chi connectivity index (χ1) is 10.3. The fourth-order valence-electron chi connectivity index (χ4n) is 2.63. The van der Waals surface area contributed by atoms with Crippen LogP contribution < -0.4 is 0 Å². The molecule has 0 heterocycles. The van der Waals surface area contributed by atoms with Gasteiger partial charge in [-0.3, -0.25) is 0 Å². The van der Waals surface area contributed by atoms with Gasteiger partial charge in [0, 0.05) is 0 Å². The Hall–Kier alpha value is -0.730. The van der Waals surface area contributed by atoms with Crippen LogP contribution in [0.25, 0.3) is 0 Å². The molecule has 0 aromatic carbocycles. The van der Waals surface area contributed by atoms with Crippen LogP contribution >= 0.6 is 0 Å². The standard InChI is InChI=1S/C18H36O3/c1-2-3-4-5-6-7-8-9-10-11-12-13-14-15-16-17-21-18(19)20/h2-17H2,1H3,(H,19,20). The molecule has 0 fully saturated rings. The Labute approximate surface area is 131 Å². The fraction of sp³-hybridized carbons (Fsp3) is 0.944. The molecule has 0 rings (SSSR count). The number of carbonyl (C=O) groups is 1. The zero-order chi connectivity index (χ0) is 15.6. The summed E-state index contributed by atoms with van der Waals surface area (Å²) < 4.78 is 4.47. The number of unbranched alkanes of at least 4 members (excludes halogenated alkanes) is 14. The zero-order valence-electron chi connectivity index (χ0n) is 14.1. The summed E-state index contributed by atoms with van der Waals surface area (Å²) in [5, 5.41) is 8.31. The van der Waals surface area contributed by atoms with Gasteiger partial charge < -0.3 is 9.84 Å². The van der Waals surface area contributed by atoms with Gasteiger partial charge in [0.05, 0.1) is 6.61 Å². The van der Waals surface area contributed by atoms with E-state index in [4.69, 9.17) is 5.11 Å². The third-order valence-corrected chi connectivity index (χ3v) is 3.97. The van der Waals surface area contributed by atoms with Crippen LogP contribution in [-0.4, -0.2) is 17.9 Å². The highest BCUT2D eigenvalue weighted by Gasteiger charge is 1.96. The molecule has 0 unspecified atom stereocenters. The average molecular weight is 300 g/mol. The molecule has 1 N–H and O–H groups in total. The summed E-state index contributed by atoms with van der Waals surface area (Å²) in [5.41, 5.74) is 0. The normalized spacial score (nSPS) is 10.7. The molecule has 0 bridgehead atoms. The average Bonchev–Trinajstić information content (AvgIpc) is 2.46. The number of hydrogen-bond acceptors (Lipinski definition) is 2. The summed E-state index contributed by atoms with van der Waals surface area (Å²) in [6.07, 6.45) is 18.6. The van der Waals surface area contributed by atoms with E-state index in [2.05, 4.69) is 11.7 Å². The summed E-state index contributed by atoms with van der Waals surface area (Å²) in [4.78, 5) is 10.1. The molecule has 0 saturated heterocycles. The molecule has 0 saturated carbocycles. The second-order valence-electron chi connectivity index (χ2n) is 6.06. The van der Waals surface area contributed by atoms with Crippen molar-refractivity contribution in [2.45, 2.75) is 103 Å². The molecule has 0 aliphatic rings. The quantitative estimate of drug-likeness (QED) is 0.259. The molecule has 0 amide bonds. The van der Waals surface area contributed by atoms with Crippen LogP contribution in [-0.2, 0) is 4.74 Å². The maximum atomic E-state index is 10.1. The van der Waals surface area contributed by atoms with Crippen molar-refractivity contribution in [3.63, 3.8) is 0 Å². The van der Waals surface area contributed by atoms with Gasteiger partial charge in [0.1, 0.15) is 0 Å². The maximum absolute atomic E-state index is 10.1. The summed E-state index contributed by atoms with van der Waals surface area (Å²) in [6, 6.07) is 0. The predicted octanol–water partition coefficient (Wildman–Crippen LogP) is 6.55. The monoisotopic (exact) mass is 300 g/mol. The lowest BCUT2D eigenvalue weighted by Gasteiger charge is -2.03. The lowest BCUT2D eigenvalue weighted by molar-refractivity contribution is 0.0899. The Morgan fingerprint density at radius 2 is 1.00 bits per heavy atom. The van der Waals surface area contributed by atoms with E-state index < -0.39 is 6.16 Å². The van der Waals surface area contributed by atoms with Gasteiger partial charge in [-0.2, -0.15) is 0 Å². The summed E-state index contributed by atoms with van der Waals surface area (Å²) in [7, 11) is 0. The first-order valence-electron chi connectivity index (χ1n) is 9.13. The summed E-state index contributed by atoms with van der Waals surface area (Å²) in [6.45, 7) is 2.62. The van der Waals surface area contributed by atoms with Crippen LogP contribution in [0.3, 0.4) is 0 Å². The molecular weight excluding hydrogens is 264 g/mol.